The number of nitrogens with one attached hydrogen (secondary N) is 3. The van der Waals surface area contributed by atoms with Crippen LogP contribution in [-0.4, -0.2) is 66.7 Å². The van der Waals surface area contributed by atoms with Crippen molar-refractivity contribution in [2.24, 2.45) is 0 Å². The number of carbonyl (C=O) groups excluding carboxylic acids is 3. The third-order valence-corrected chi connectivity index (χ3v) is 11.0. The number of ether oxygens (including phenoxy) is 2. The molecule has 2 amide bonds. The minimum atomic E-state index is -2.02. The molecule has 0 aromatic heterocycles. The first-order valence-corrected chi connectivity index (χ1v) is 22.7. The number of hydrogen-bond donors (Lipinski definition) is 3. The minimum Gasteiger partial charge on any atom is -0.458 e. The molecule has 1 aromatic rings. The Bertz CT molecular complexity index is 852. The van der Waals surface area contributed by atoms with Gasteiger partial charge in [-0.1, -0.05) is 0 Å². The van der Waals surface area contributed by atoms with Crippen molar-refractivity contribution in [2.75, 3.05) is 13.1 Å². The summed E-state index contributed by atoms with van der Waals surface area (Å²) in [6.45, 7) is 11.9. The van der Waals surface area contributed by atoms with E-state index in [0.29, 0.717) is 6.42 Å². The van der Waals surface area contributed by atoms with E-state index in [2.05, 4.69) is 55.0 Å². The van der Waals surface area contributed by atoms with Gasteiger partial charge in [-0.05, 0) is 41.5 Å². The third-order valence-electron chi connectivity index (χ3n) is 5.06. The predicted molar refractivity (Wildman–Crippen MR) is 147 cm³/mol. The number of amides is 2. The number of carbonyl (C=O) groups is 3. The number of benzene rings is 1. The zero-order valence-electron chi connectivity index (χ0n) is 23.7. The van der Waals surface area contributed by atoms with Crippen LogP contribution >= 0.6 is 0 Å². The van der Waals surface area contributed by atoms with E-state index in [9.17, 15) is 14.4 Å². The van der Waals surface area contributed by atoms with Gasteiger partial charge in [-0.2, -0.15) is 0 Å². The maximum atomic E-state index is 12.7. The van der Waals surface area contributed by atoms with E-state index in [-0.39, 0.29) is 6.54 Å². The molecule has 0 heterocycles. The summed E-state index contributed by atoms with van der Waals surface area (Å²) in [5.74, 6) is -1.04. The Morgan fingerprint density at radius 3 is 2.00 bits per heavy atom. The van der Waals surface area contributed by atoms with Crippen LogP contribution in [0, 0.1) is 0 Å². The topological polar surface area (TPSA) is 106 Å². The van der Waals surface area contributed by atoms with Gasteiger partial charge in [0.1, 0.15) is 17.7 Å². The van der Waals surface area contributed by atoms with Gasteiger partial charge in [0.2, 0.25) is 0 Å². The van der Waals surface area contributed by atoms with Crippen LogP contribution in [0.15, 0.2) is 24.3 Å². The summed E-state index contributed by atoms with van der Waals surface area (Å²) < 4.78 is 12.2. The van der Waals surface area contributed by atoms with Gasteiger partial charge < -0.3 is 14.8 Å². The van der Waals surface area contributed by atoms with Crippen molar-refractivity contribution >= 4 is 39.9 Å². The van der Waals surface area contributed by atoms with Crippen molar-refractivity contribution in [3.8, 4) is 0 Å². The second-order valence-electron chi connectivity index (χ2n) is 12.1. The molecule has 1 rings (SSSR count). The summed E-state index contributed by atoms with van der Waals surface area (Å²) in [5, 5.41) is 8.54. The summed E-state index contributed by atoms with van der Waals surface area (Å²) in [6.07, 6.45) is 2.00. The number of urea groups is 1. The van der Waals surface area contributed by atoms with Crippen molar-refractivity contribution in [3.63, 3.8) is 0 Å². The SMILES string of the molecule is CC(C)(C)OC(=O)CNC(=O)NC(CCCCNCc1cc[c]([Sn]([CH3])([CH3])[CH3])cc1)C(=O)OC(C)(C)C. The molecule has 1 atom stereocenters. The summed E-state index contributed by atoms with van der Waals surface area (Å²) in [4.78, 5) is 44.1. The molecule has 0 aliphatic carbocycles. The van der Waals surface area contributed by atoms with Gasteiger partial charge in [0.05, 0.1) is 0 Å². The number of hydrogen-bond acceptors (Lipinski definition) is 6. The minimum absolute atomic E-state index is 0.284. The molecule has 8 nitrogen and oxygen atoms in total. The van der Waals surface area contributed by atoms with E-state index in [1.54, 1.807) is 41.5 Å². The molecule has 1 unspecified atom stereocenters. The van der Waals surface area contributed by atoms with Crippen LogP contribution in [0.1, 0.15) is 66.4 Å². The molecular formula is C27H47N3O5Sn. The van der Waals surface area contributed by atoms with Crippen molar-refractivity contribution in [1.82, 2.24) is 16.0 Å². The Labute approximate surface area is 221 Å². The number of rotatable bonds is 12. The zero-order valence-corrected chi connectivity index (χ0v) is 26.5. The van der Waals surface area contributed by atoms with Crippen LogP contribution in [0.2, 0.25) is 14.8 Å². The first-order chi connectivity index (χ1) is 16.5. The maximum absolute atomic E-state index is 12.7. The van der Waals surface area contributed by atoms with Crippen LogP contribution in [0.5, 0.6) is 0 Å². The van der Waals surface area contributed by atoms with Crippen molar-refractivity contribution < 1.29 is 23.9 Å². The molecule has 1 aromatic carbocycles. The van der Waals surface area contributed by atoms with E-state index in [4.69, 9.17) is 9.47 Å². The first kappa shape index (κ1) is 32.2. The van der Waals surface area contributed by atoms with E-state index >= 15 is 0 Å². The number of esters is 2. The first-order valence-electron chi connectivity index (χ1n) is 12.8. The average Bonchev–Trinajstić information content (AvgIpc) is 2.71. The van der Waals surface area contributed by atoms with Crippen LogP contribution < -0.4 is 19.5 Å². The predicted octanol–water partition coefficient (Wildman–Crippen LogP) is 3.84. The van der Waals surface area contributed by atoms with Gasteiger partial charge in [0.25, 0.3) is 0 Å². The molecule has 0 bridgehead atoms. The Kier molecular flexibility index (Phi) is 12.7. The molecule has 3 N–H and O–H groups in total. The van der Waals surface area contributed by atoms with Crippen LogP contribution in [0.3, 0.4) is 0 Å². The number of unbranched alkanes of at least 4 members (excludes halogenated alkanes) is 1. The van der Waals surface area contributed by atoms with E-state index < -0.39 is 53.6 Å². The fourth-order valence-corrected chi connectivity index (χ4v) is 6.64. The molecular weight excluding hydrogens is 565 g/mol. The normalized spacial score (nSPS) is 13.0. The van der Waals surface area contributed by atoms with Crippen LogP contribution in [0.4, 0.5) is 4.79 Å². The summed E-state index contributed by atoms with van der Waals surface area (Å²) in [5.41, 5.74) is -0.0532. The Balaban J connectivity index is 2.50. The van der Waals surface area contributed by atoms with Gasteiger partial charge in [0, 0.05) is 0 Å². The zero-order chi connectivity index (χ0) is 27.6. The molecule has 0 aliphatic heterocycles. The second-order valence-corrected chi connectivity index (χ2v) is 26.6. The summed E-state index contributed by atoms with van der Waals surface area (Å²) in [6, 6.07) is 7.50. The summed E-state index contributed by atoms with van der Waals surface area (Å²) >= 11 is -2.02. The quantitative estimate of drug-likeness (QED) is 0.188. The Morgan fingerprint density at radius 2 is 1.47 bits per heavy atom. The molecule has 0 spiro atoms. The van der Waals surface area contributed by atoms with Gasteiger partial charge in [-0.15, -0.1) is 0 Å². The molecule has 0 saturated carbocycles. The van der Waals surface area contributed by atoms with E-state index in [1.807, 2.05) is 0 Å². The van der Waals surface area contributed by atoms with E-state index in [1.165, 1.54) is 9.14 Å². The second kappa shape index (κ2) is 14.2. The third kappa shape index (κ3) is 14.7. The van der Waals surface area contributed by atoms with Crippen LogP contribution in [0.25, 0.3) is 0 Å². The van der Waals surface area contributed by atoms with Gasteiger partial charge >= 0.3 is 134 Å². The molecule has 36 heavy (non-hydrogen) atoms. The van der Waals surface area contributed by atoms with Crippen molar-refractivity contribution in [2.45, 2.75) is 99.4 Å². The standard InChI is InChI=1S/C24H38N3O5.3CH3.Sn/c1-23(2,3)31-20(28)17-26-22(30)27-19(21(29)32-24(4,5)6)14-10-11-15-25-16-18-12-8-7-9-13-18;;;;/h8-9,12-13,19,25H,10-11,14-17H2,1-6H3,(H2,26,27,30);3*1H3;. The van der Waals surface area contributed by atoms with Crippen molar-refractivity contribution in [3.05, 3.63) is 29.8 Å². The monoisotopic (exact) mass is 613 g/mol. The molecule has 0 aliphatic rings. The molecule has 0 fully saturated rings. The van der Waals surface area contributed by atoms with Crippen LogP contribution in [-0.2, 0) is 25.6 Å². The molecule has 0 radical (unpaired) electrons. The molecule has 9 heteroatoms. The van der Waals surface area contributed by atoms with Gasteiger partial charge in [0.15, 0.2) is 0 Å². The molecule has 204 valence electrons. The van der Waals surface area contributed by atoms with Crippen molar-refractivity contribution in [1.29, 1.82) is 0 Å². The van der Waals surface area contributed by atoms with E-state index in [0.717, 1.165) is 25.9 Å². The van der Waals surface area contributed by atoms with Gasteiger partial charge in [-0.25, -0.2) is 9.59 Å². The average molecular weight is 612 g/mol. The Morgan fingerprint density at radius 1 is 0.889 bits per heavy atom. The summed E-state index contributed by atoms with van der Waals surface area (Å²) in [7, 11) is 0. The Hall–Kier alpha value is -1.81. The fraction of sp³-hybridized carbons (Fsp3) is 0.667. The molecule has 0 saturated heterocycles. The fourth-order valence-electron chi connectivity index (χ4n) is 3.31. The van der Waals surface area contributed by atoms with Gasteiger partial charge in [-0.3, -0.25) is 4.79 Å². The smallest absolute Gasteiger partial charge is 0.458 e.